The Morgan fingerprint density at radius 2 is 1.15 bits per heavy atom. The van der Waals surface area contributed by atoms with E-state index in [4.69, 9.17) is 9.97 Å². The molecule has 6 aliphatic rings. The topological polar surface area (TPSA) is 35.1 Å². The molecule has 19 rings (SSSR count). The molecule has 0 aliphatic heterocycles. The van der Waals surface area contributed by atoms with Crippen molar-refractivity contribution in [2.45, 2.75) is 70.1 Å². The van der Waals surface area contributed by atoms with Gasteiger partial charge in [-0.15, -0.1) is 0 Å². The normalized spacial score (nSPS) is 20.3. The third kappa shape index (κ3) is 4.79. The highest BCUT2D eigenvalue weighted by molar-refractivity contribution is 6.35. The Balaban J connectivity index is 1.05. The van der Waals surface area contributed by atoms with E-state index in [1.807, 2.05) is 0 Å². The second-order valence-corrected chi connectivity index (χ2v) is 23.3. The number of hydrogen-bond donors (Lipinski definition) is 0. The van der Waals surface area contributed by atoms with Gasteiger partial charge in [-0.1, -0.05) is 165 Å². The number of benzene rings is 8. The highest BCUT2D eigenvalue weighted by atomic mass is 15.1. The fourth-order valence-corrected chi connectivity index (χ4v) is 17.3. The summed E-state index contributed by atoms with van der Waals surface area (Å²) in [6, 6.07) is 64.4. The lowest BCUT2D eigenvalue weighted by molar-refractivity contribution is 0.0528. The van der Waals surface area contributed by atoms with Crippen LogP contribution in [0.4, 0.5) is 0 Å². The number of rotatable bonds is 4. The Morgan fingerprint density at radius 1 is 0.507 bits per heavy atom. The summed E-state index contributed by atoms with van der Waals surface area (Å²) < 4.78 is 5.10. The van der Waals surface area contributed by atoms with Gasteiger partial charge < -0.3 is 4.40 Å². The van der Waals surface area contributed by atoms with E-state index in [2.05, 4.69) is 212 Å². The van der Waals surface area contributed by atoms with E-state index in [0.717, 1.165) is 28.3 Å². The number of hydrogen-bond acceptors (Lipinski definition) is 2. The predicted octanol–water partition coefficient (Wildman–Crippen LogP) is 17.8. The van der Waals surface area contributed by atoms with Crippen LogP contribution in [-0.2, 0) is 5.41 Å². The molecule has 0 saturated heterocycles. The summed E-state index contributed by atoms with van der Waals surface area (Å²) in [6.45, 7) is 6.92. The maximum atomic E-state index is 5.74. The highest BCUT2D eigenvalue weighted by Crippen LogP contribution is 2.72. The van der Waals surface area contributed by atoms with E-state index >= 15 is 0 Å². The lowest BCUT2D eigenvalue weighted by Crippen LogP contribution is -2.38. The van der Waals surface area contributed by atoms with Gasteiger partial charge in [0.2, 0.25) is 0 Å². The number of aromatic nitrogens is 4. The number of fused-ring (bicyclic) bond motifs is 21. The Kier molecular flexibility index (Phi) is 7.71. The Labute approximate surface area is 435 Å². The highest BCUT2D eigenvalue weighted by Gasteiger charge is 2.59. The average Bonchev–Trinajstić information content (AvgIpc) is 4.40. The van der Waals surface area contributed by atoms with Crippen molar-refractivity contribution in [2.24, 2.45) is 11.3 Å². The quantitative estimate of drug-likeness (QED) is 0.176. The summed E-state index contributed by atoms with van der Waals surface area (Å²) in [5.41, 5.74) is 28.2. The average molecular weight is 961 g/mol. The van der Waals surface area contributed by atoms with Crippen LogP contribution >= 0.6 is 0 Å². The van der Waals surface area contributed by atoms with Crippen LogP contribution in [-0.4, -0.2) is 18.9 Å². The zero-order chi connectivity index (χ0) is 49.2. The van der Waals surface area contributed by atoms with E-state index in [-0.39, 0.29) is 0 Å². The van der Waals surface area contributed by atoms with Crippen LogP contribution in [0, 0.1) is 25.2 Å². The number of para-hydroxylation sites is 1. The van der Waals surface area contributed by atoms with Crippen LogP contribution in [0.15, 0.2) is 182 Å². The number of pyridine rings is 2. The van der Waals surface area contributed by atoms with Crippen molar-refractivity contribution in [3.63, 3.8) is 0 Å². The second kappa shape index (κ2) is 14.1. The minimum absolute atomic E-state index is 0.459. The van der Waals surface area contributed by atoms with E-state index in [1.54, 1.807) is 5.56 Å². The summed E-state index contributed by atoms with van der Waals surface area (Å²) in [5.74, 6) is 1.83. The van der Waals surface area contributed by atoms with Gasteiger partial charge in [-0.2, -0.15) is 0 Å². The molecular formula is C71H52N4. The zero-order valence-corrected chi connectivity index (χ0v) is 42.4. The van der Waals surface area contributed by atoms with Crippen molar-refractivity contribution in [2.75, 3.05) is 0 Å². The lowest BCUT2D eigenvalue weighted by Gasteiger charge is -2.49. The molecule has 13 aromatic rings. The minimum atomic E-state index is -0.506. The summed E-state index contributed by atoms with van der Waals surface area (Å²) in [7, 11) is 0. The van der Waals surface area contributed by atoms with Crippen LogP contribution in [0.1, 0.15) is 95.5 Å². The Morgan fingerprint density at radius 3 is 1.89 bits per heavy atom. The predicted molar refractivity (Wildman–Crippen MR) is 308 cm³/mol. The smallest absolute Gasteiger partial charge is 0.146 e. The molecule has 2 fully saturated rings. The molecule has 2 saturated carbocycles. The molecule has 75 heavy (non-hydrogen) atoms. The maximum Gasteiger partial charge on any atom is 0.146 e. The summed E-state index contributed by atoms with van der Waals surface area (Å²) in [4.78, 5) is 11.4. The third-order valence-corrected chi connectivity index (χ3v) is 20.0. The van der Waals surface area contributed by atoms with Crippen molar-refractivity contribution >= 4 is 60.0 Å². The molecule has 0 N–H and O–H groups in total. The first-order valence-corrected chi connectivity index (χ1v) is 27.5. The first-order valence-electron chi connectivity index (χ1n) is 27.5. The molecule has 356 valence electrons. The van der Waals surface area contributed by atoms with Gasteiger partial charge in [-0.05, 0) is 153 Å². The molecule has 2 atom stereocenters. The third-order valence-electron chi connectivity index (χ3n) is 20.0. The van der Waals surface area contributed by atoms with Crippen LogP contribution < -0.4 is 0 Å². The van der Waals surface area contributed by atoms with Gasteiger partial charge in [0.1, 0.15) is 5.65 Å². The molecule has 6 aliphatic carbocycles. The zero-order valence-electron chi connectivity index (χ0n) is 42.4. The van der Waals surface area contributed by atoms with Crippen molar-refractivity contribution in [1.29, 1.82) is 0 Å². The van der Waals surface area contributed by atoms with Crippen LogP contribution in [0.25, 0.3) is 110 Å². The van der Waals surface area contributed by atoms with Crippen molar-refractivity contribution in [1.82, 2.24) is 18.9 Å². The molecule has 8 aromatic carbocycles. The minimum Gasteiger partial charge on any atom is -0.305 e. The van der Waals surface area contributed by atoms with E-state index in [1.165, 1.54) is 159 Å². The molecule has 3 bridgehead atoms. The first kappa shape index (κ1) is 41.1. The molecule has 4 heteroatoms. The van der Waals surface area contributed by atoms with Crippen molar-refractivity contribution < 1.29 is 0 Å². The molecule has 5 heterocycles. The van der Waals surface area contributed by atoms with Gasteiger partial charge in [0.15, 0.2) is 0 Å². The van der Waals surface area contributed by atoms with Crippen molar-refractivity contribution in [3.8, 4) is 50.2 Å². The molecular weight excluding hydrogens is 909 g/mol. The standard InChI is InChI=1S/C71H52N4/c1-4-45-31-43-34-70(45)35-44(36-70)61-65-59(37-72-67(43)61)74-58-38-73-69-64(50-30-29-42(60-39(2)17-16-18-40(60)3)32-57(50)75(69)56-28-15-11-21-46(56)41-19-6-5-7-20-41)63(58)51-33-55-62(66(65)68(51)74)49-24-10-14-27-54(49)71(55)52-25-12-8-22-47(52)48-23-9-13-26-53(48)71/h5-30,32-33,37-38,43-45H,4,31,34-36H2,1-3H3. The fraction of sp³-hybridized carbons (Fsp3) is 0.183. The first-order chi connectivity index (χ1) is 37.0. The fourth-order valence-electron chi connectivity index (χ4n) is 17.3. The number of aryl methyl sites for hydroxylation is 2. The molecule has 2 unspecified atom stereocenters. The molecule has 2 spiro atoms. The van der Waals surface area contributed by atoms with Gasteiger partial charge in [0.05, 0.1) is 45.6 Å². The Hall–Kier alpha value is -8.34. The van der Waals surface area contributed by atoms with Gasteiger partial charge >= 0.3 is 0 Å². The molecule has 5 aromatic heterocycles. The summed E-state index contributed by atoms with van der Waals surface area (Å²) in [5, 5.41) is 7.82. The van der Waals surface area contributed by atoms with E-state index in [9.17, 15) is 0 Å². The molecule has 4 nitrogen and oxygen atoms in total. The van der Waals surface area contributed by atoms with Crippen molar-refractivity contribution in [3.05, 3.63) is 227 Å². The second-order valence-electron chi connectivity index (χ2n) is 23.3. The largest absolute Gasteiger partial charge is 0.305 e. The summed E-state index contributed by atoms with van der Waals surface area (Å²) >= 11 is 0. The van der Waals surface area contributed by atoms with E-state index < -0.39 is 5.41 Å². The van der Waals surface area contributed by atoms with Crippen LogP contribution in [0.3, 0.4) is 0 Å². The van der Waals surface area contributed by atoms with Gasteiger partial charge in [0.25, 0.3) is 0 Å². The number of nitrogens with zero attached hydrogens (tertiary/aromatic N) is 4. The Bertz CT molecular complexity index is 4630. The monoisotopic (exact) mass is 960 g/mol. The molecule has 0 amide bonds. The molecule has 0 radical (unpaired) electrons. The lowest BCUT2D eigenvalue weighted by atomic mass is 9.55. The van der Waals surface area contributed by atoms with E-state index in [0.29, 0.717) is 17.3 Å². The van der Waals surface area contributed by atoms with Crippen LogP contribution in [0.2, 0.25) is 0 Å². The SMILES string of the molecule is CCC1CC2CC13CC(C3)c1c2ncc2c1c1c3c(cc4c5c6c7ccc(-c8c(C)cccc8C)cc7n(-c7ccccc7-c7ccccc7)c6ncc5n2c41)C1(c2ccccc2-c2ccccc21)c1ccccc1-3. The maximum absolute atomic E-state index is 5.74. The van der Waals surface area contributed by atoms with Gasteiger partial charge in [-0.25, -0.2) is 4.98 Å². The summed E-state index contributed by atoms with van der Waals surface area (Å²) in [6.07, 6.45) is 10.9. The van der Waals surface area contributed by atoms with Gasteiger partial charge in [0, 0.05) is 49.5 Å². The van der Waals surface area contributed by atoms with Crippen LogP contribution in [0.5, 0.6) is 0 Å². The van der Waals surface area contributed by atoms with Gasteiger partial charge in [-0.3, -0.25) is 9.55 Å².